The van der Waals surface area contributed by atoms with E-state index in [1.54, 1.807) is 0 Å². The number of nitrogens with zero attached hydrogens (tertiary/aromatic N) is 1. The molecule has 0 aliphatic heterocycles. The maximum absolute atomic E-state index is 12.5. The zero-order valence-electron chi connectivity index (χ0n) is 8.86. The van der Waals surface area contributed by atoms with Gasteiger partial charge in [-0.3, -0.25) is 10.1 Å². The second kappa shape index (κ2) is 4.70. The van der Waals surface area contributed by atoms with Gasteiger partial charge in [0.2, 0.25) is 0 Å². The van der Waals surface area contributed by atoms with Crippen LogP contribution in [0.25, 0.3) is 0 Å². The molecule has 1 N–H and O–H groups in total. The molecule has 0 unspecified atom stereocenters. The number of aliphatic hydroxyl groups is 1. The lowest BCUT2D eigenvalue weighted by Gasteiger charge is -2.10. The SMILES string of the molecule is C[C@H](O)Cc1cc([N+](=O)[O-])cc(C(F)(F)F)c1. The Balaban J connectivity index is 3.24. The van der Waals surface area contributed by atoms with Crippen LogP contribution in [-0.2, 0) is 12.6 Å². The summed E-state index contributed by atoms with van der Waals surface area (Å²) in [6.45, 7) is 1.39. The number of benzene rings is 1. The molecular formula is C10H10F3NO3. The Kier molecular flexibility index (Phi) is 3.72. The minimum atomic E-state index is -4.64. The fraction of sp³-hybridized carbons (Fsp3) is 0.400. The molecule has 0 saturated carbocycles. The molecule has 7 heteroatoms. The van der Waals surface area contributed by atoms with E-state index >= 15 is 0 Å². The third-order valence-electron chi connectivity index (χ3n) is 2.05. The number of alkyl halides is 3. The van der Waals surface area contributed by atoms with E-state index < -0.39 is 28.5 Å². The van der Waals surface area contributed by atoms with Gasteiger partial charge >= 0.3 is 6.18 Å². The summed E-state index contributed by atoms with van der Waals surface area (Å²) in [6.07, 6.45) is -5.57. The van der Waals surface area contributed by atoms with E-state index in [0.717, 1.165) is 12.1 Å². The van der Waals surface area contributed by atoms with Crippen molar-refractivity contribution in [3.05, 3.63) is 39.4 Å². The van der Waals surface area contributed by atoms with E-state index in [9.17, 15) is 23.3 Å². The van der Waals surface area contributed by atoms with Crippen LogP contribution in [0, 0.1) is 10.1 Å². The maximum atomic E-state index is 12.5. The van der Waals surface area contributed by atoms with Crippen LogP contribution in [0.2, 0.25) is 0 Å². The summed E-state index contributed by atoms with van der Waals surface area (Å²) in [5, 5.41) is 19.6. The average molecular weight is 249 g/mol. The highest BCUT2D eigenvalue weighted by Gasteiger charge is 2.32. The highest BCUT2D eigenvalue weighted by molar-refractivity contribution is 5.40. The molecule has 0 radical (unpaired) electrons. The average Bonchev–Trinajstić information content (AvgIpc) is 2.14. The monoisotopic (exact) mass is 249 g/mol. The number of hydrogen-bond acceptors (Lipinski definition) is 3. The van der Waals surface area contributed by atoms with Crippen LogP contribution in [0.4, 0.5) is 18.9 Å². The highest BCUT2D eigenvalue weighted by atomic mass is 19.4. The maximum Gasteiger partial charge on any atom is 0.416 e. The molecule has 17 heavy (non-hydrogen) atoms. The minimum Gasteiger partial charge on any atom is -0.393 e. The largest absolute Gasteiger partial charge is 0.416 e. The predicted molar refractivity (Wildman–Crippen MR) is 53.5 cm³/mol. The Morgan fingerprint density at radius 3 is 2.41 bits per heavy atom. The first-order valence-corrected chi connectivity index (χ1v) is 4.74. The van der Waals surface area contributed by atoms with Gasteiger partial charge < -0.3 is 5.11 Å². The van der Waals surface area contributed by atoms with Gasteiger partial charge in [0.15, 0.2) is 0 Å². The Hall–Kier alpha value is -1.63. The van der Waals surface area contributed by atoms with Crippen molar-refractivity contribution in [2.24, 2.45) is 0 Å². The molecule has 0 aliphatic carbocycles. The first-order valence-electron chi connectivity index (χ1n) is 4.74. The van der Waals surface area contributed by atoms with Crippen molar-refractivity contribution in [1.29, 1.82) is 0 Å². The zero-order valence-corrected chi connectivity index (χ0v) is 8.86. The van der Waals surface area contributed by atoms with Crippen LogP contribution in [0.3, 0.4) is 0 Å². The summed E-state index contributed by atoms with van der Waals surface area (Å²) in [4.78, 5) is 9.61. The van der Waals surface area contributed by atoms with Crippen molar-refractivity contribution in [2.75, 3.05) is 0 Å². The normalized spacial score (nSPS) is 13.5. The molecule has 0 heterocycles. The van der Waals surface area contributed by atoms with Gasteiger partial charge in [0, 0.05) is 12.1 Å². The van der Waals surface area contributed by atoms with Gasteiger partial charge in [0.05, 0.1) is 16.6 Å². The molecule has 0 bridgehead atoms. The van der Waals surface area contributed by atoms with E-state index in [1.165, 1.54) is 6.92 Å². The summed E-state index contributed by atoms with van der Waals surface area (Å²) in [6, 6.07) is 2.31. The molecule has 1 atom stereocenters. The van der Waals surface area contributed by atoms with Crippen molar-refractivity contribution in [3.63, 3.8) is 0 Å². The van der Waals surface area contributed by atoms with Gasteiger partial charge in [-0.15, -0.1) is 0 Å². The molecule has 0 aromatic heterocycles. The molecule has 0 aliphatic rings. The lowest BCUT2D eigenvalue weighted by Crippen LogP contribution is -2.09. The van der Waals surface area contributed by atoms with Crippen molar-refractivity contribution < 1.29 is 23.2 Å². The summed E-state index contributed by atoms with van der Waals surface area (Å²) in [7, 11) is 0. The van der Waals surface area contributed by atoms with Crippen molar-refractivity contribution in [2.45, 2.75) is 25.6 Å². The van der Waals surface area contributed by atoms with Crippen LogP contribution in [0.1, 0.15) is 18.1 Å². The summed E-state index contributed by atoms with van der Waals surface area (Å²) < 4.78 is 37.4. The molecule has 0 fully saturated rings. The van der Waals surface area contributed by atoms with Gasteiger partial charge in [0.1, 0.15) is 0 Å². The lowest BCUT2D eigenvalue weighted by atomic mass is 10.0. The van der Waals surface area contributed by atoms with E-state index in [0.29, 0.717) is 6.07 Å². The van der Waals surface area contributed by atoms with Crippen LogP contribution >= 0.6 is 0 Å². The smallest absolute Gasteiger partial charge is 0.393 e. The van der Waals surface area contributed by atoms with Gasteiger partial charge in [-0.1, -0.05) is 0 Å². The zero-order chi connectivity index (χ0) is 13.2. The second-order valence-corrected chi connectivity index (χ2v) is 3.70. The third kappa shape index (κ3) is 3.70. The van der Waals surface area contributed by atoms with Crippen LogP contribution < -0.4 is 0 Å². The minimum absolute atomic E-state index is 0.0647. The summed E-state index contributed by atoms with van der Waals surface area (Å²) in [5.41, 5.74) is -1.63. The number of non-ortho nitro benzene ring substituents is 1. The quantitative estimate of drug-likeness (QED) is 0.661. The van der Waals surface area contributed by atoms with Crippen LogP contribution in [-0.4, -0.2) is 16.1 Å². The number of nitro benzene ring substituents is 1. The van der Waals surface area contributed by atoms with Gasteiger partial charge in [0.25, 0.3) is 5.69 Å². The standard InChI is InChI=1S/C10H10F3NO3/c1-6(15)2-7-3-8(10(11,12)13)5-9(4-7)14(16)17/h3-6,15H,2H2,1H3/t6-/m0/s1. The predicted octanol–water partition coefficient (Wildman–Crippen LogP) is 2.54. The lowest BCUT2D eigenvalue weighted by molar-refractivity contribution is -0.385. The van der Waals surface area contributed by atoms with Gasteiger partial charge in [-0.25, -0.2) is 0 Å². The first kappa shape index (κ1) is 13.4. The van der Waals surface area contributed by atoms with E-state index in [2.05, 4.69) is 0 Å². The molecule has 0 spiro atoms. The topological polar surface area (TPSA) is 63.4 Å². The summed E-state index contributed by atoms with van der Waals surface area (Å²) in [5.74, 6) is 0. The second-order valence-electron chi connectivity index (χ2n) is 3.70. The van der Waals surface area contributed by atoms with E-state index in [4.69, 9.17) is 5.11 Å². The Labute approximate surface area is 94.8 Å². The number of aliphatic hydroxyl groups excluding tert-OH is 1. The van der Waals surface area contributed by atoms with E-state index in [-0.39, 0.29) is 12.0 Å². The fourth-order valence-electron chi connectivity index (χ4n) is 1.40. The van der Waals surface area contributed by atoms with Crippen LogP contribution in [0.15, 0.2) is 18.2 Å². The van der Waals surface area contributed by atoms with Crippen molar-refractivity contribution in [1.82, 2.24) is 0 Å². The fourth-order valence-corrected chi connectivity index (χ4v) is 1.40. The first-order chi connectivity index (χ1) is 7.70. The van der Waals surface area contributed by atoms with Crippen LogP contribution in [0.5, 0.6) is 0 Å². The molecule has 4 nitrogen and oxygen atoms in total. The molecular weight excluding hydrogens is 239 g/mol. The highest BCUT2D eigenvalue weighted by Crippen LogP contribution is 2.32. The third-order valence-corrected chi connectivity index (χ3v) is 2.05. The number of nitro groups is 1. The van der Waals surface area contributed by atoms with Crippen molar-refractivity contribution >= 4 is 5.69 Å². The van der Waals surface area contributed by atoms with Gasteiger partial charge in [-0.05, 0) is 25.0 Å². The van der Waals surface area contributed by atoms with Gasteiger partial charge in [-0.2, -0.15) is 13.2 Å². The number of halogens is 3. The molecule has 1 aromatic carbocycles. The summed E-state index contributed by atoms with van der Waals surface area (Å²) >= 11 is 0. The Morgan fingerprint density at radius 2 is 2.00 bits per heavy atom. The molecule has 1 aromatic rings. The number of hydrogen-bond donors (Lipinski definition) is 1. The molecule has 0 saturated heterocycles. The number of rotatable bonds is 3. The molecule has 0 amide bonds. The Morgan fingerprint density at radius 1 is 1.41 bits per heavy atom. The van der Waals surface area contributed by atoms with E-state index in [1.807, 2.05) is 0 Å². The molecule has 94 valence electrons. The molecule has 1 rings (SSSR count). The Bertz CT molecular complexity index is 429. The van der Waals surface area contributed by atoms with Crippen molar-refractivity contribution in [3.8, 4) is 0 Å².